The number of nitrogens with one attached hydrogen (secondary N) is 1. The SMILES string of the molecule is C=C1C[C@](O)([C@@H](O)C(=O)N[C@H](OC)[C@@H]2O[C@H](C[C@@H](COC)OC)C(C)(C)C[C@H]2O)O[C@H](C)[C@@H]1C. The molecule has 2 aliphatic rings. The monoisotopic (exact) mass is 489 g/mol. The van der Waals surface area contributed by atoms with Crippen molar-refractivity contribution in [2.45, 2.75) is 95.6 Å². The van der Waals surface area contributed by atoms with Crippen LogP contribution in [0.5, 0.6) is 0 Å². The Kier molecular flexibility index (Phi) is 10.1. The lowest BCUT2D eigenvalue weighted by molar-refractivity contribution is -0.285. The summed E-state index contributed by atoms with van der Waals surface area (Å²) < 4.78 is 27.9. The van der Waals surface area contributed by atoms with E-state index in [0.29, 0.717) is 25.0 Å². The number of aliphatic hydroxyl groups is 3. The Labute approximate surface area is 202 Å². The molecule has 34 heavy (non-hydrogen) atoms. The molecular formula is C24H43NO9. The van der Waals surface area contributed by atoms with Gasteiger partial charge < -0.3 is 44.3 Å². The second-order valence-corrected chi connectivity index (χ2v) is 10.3. The molecule has 0 aromatic carbocycles. The third kappa shape index (κ3) is 6.55. The normalized spacial score (nSPS) is 36.5. The Bertz CT molecular complexity index is 702. The van der Waals surface area contributed by atoms with E-state index in [1.54, 1.807) is 21.1 Å². The number of ether oxygens (including phenoxy) is 5. The van der Waals surface area contributed by atoms with Crippen LogP contribution in [0, 0.1) is 11.3 Å². The Morgan fingerprint density at radius 3 is 2.44 bits per heavy atom. The van der Waals surface area contributed by atoms with Gasteiger partial charge >= 0.3 is 0 Å². The van der Waals surface area contributed by atoms with Crippen molar-refractivity contribution in [3.8, 4) is 0 Å². The van der Waals surface area contributed by atoms with Crippen molar-refractivity contribution >= 4 is 5.91 Å². The minimum atomic E-state index is -2.12. The van der Waals surface area contributed by atoms with Gasteiger partial charge in [0.1, 0.15) is 6.10 Å². The van der Waals surface area contributed by atoms with Gasteiger partial charge in [0, 0.05) is 40.1 Å². The largest absolute Gasteiger partial charge is 0.390 e. The topological polar surface area (TPSA) is 136 Å². The van der Waals surface area contributed by atoms with E-state index < -0.39 is 42.3 Å². The van der Waals surface area contributed by atoms with Crippen LogP contribution >= 0.6 is 0 Å². The van der Waals surface area contributed by atoms with Crippen LogP contribution in [-0.4, -0.2) is 97.8 Å². The molecule has 2 saturated heterocycles. The average Bonchev–Trinajstić information content (AvgIpc) is 2.76. The first kappa shape index (κ1) is 29.1. The van der Waals surface area contributed by atoms with E-state index in [1.807, 2.05) is 20.8 Å². The zero-order valence-electron chi connectivity index (χ0n) is 21.4. The minimum Gasteiger partial charge on any atom is -0.390 e. The van der Waals surface area contributed by atoms with Crippen molar-refractivity contribution in [2.24, 2.45) is 11.3 Å². The third-order valence-corrected chi connectivity index (χ3v) is 7.20. The third-order valence-electron chi connectivity index (χ3n) is 7.20. The quantitative estimate of drug-likeness (QED) is 0.258. The molecule has 0 bridgehead atoms. The number of carbonyl (C=O) groups is 1. The summed E-state index contributed by atoms with van der Waals surface area (Å²) in [5.41, 5.74) is 0.303. The van der Waals surface area contributed by atoms with Gasteiger partial charge in [-0.15, -0.1) is 0 Å². The van der Waals surface area contributed by atoms with E-state index in [0.717, 1.165) is 0 Å². The molecule has 9 atom stereocenters. The molecule has 2 fully saturated rings. The van der Waals surface area contributed by atoms with Gasteiger partial charge in [0.25, 0.3) is 5.91 Å². The zero-order chi connectivity index (χ0) is 25.8. The van der Waals surface area contributed by atoms with Crippen LogP contribution in [0.15, 0.2) is 12.2 Å². The Morgan fingerprint density at radius 1 is 1.26 bits per heavy atom. The highest BCUT2D eigenvalue weighted by Gasteiger charge is 2.50. The molecule has 4 N–H and O–H groups in total. The van der Waals surface area contributed by atoms with E-state index in [4.69, 9.17) is 23.7 Å². The molecule has 10 nitrogen and oxygen atoms in total. The van der Waals surface area contributed by atoms with Crippen molar-refractivity contribution < 1.29 is 43.8 Å². The standard InChI is InChI=1S/C24H43NO9/c1-13-10-24(29,34-15(3)14(13)2)20(27)21(28)25-22(32-8)19-17(26)11-23(4,5)18(33-19)9-16(31-7)12-30-6/h14-20,22,26-27,29H,1,9-12H2,2-8H3,(H,25,28)/t14-,15-,16+,17-,18-,19-,20+,22-,24-/m1/s1. The first-order chi connectivity index (χ1) is 15.8. The first-order valence-electron chi connectivity index (χ1n) is 11.7. The number of carbonyl (C=O) groups excluding carboxylic acids is 1. The molecule has 0 radical (unpaired) electrons. The Morgan fingerprint density at radius 2 is 1.91 bits per heavy atom. The first-order valence-corrected chi connectivity index (χ1v) is 11.7. The number of rotatable bonds is 10. The molecule has 0 aromatic rings. The maximum atomic E-state index is 12.9. The fraction of sp³-hybridized carbons (Fsp3) is 0.875. The number of hydrogen-bond donors (Lipinski definition) is 4. The summed E-state index contributed by atoms with van der Waals surface area (Å²) in [6, 6.07) is 0. The molecule has 1 amide bonds. The van der Waals surface area contributed by atoms with Crippen molar-refractivity contribution in [1.29, 1.82) is 0 Å². The number of aliphatic hydroxyl groups excluding tert-OH is 2. The maximum Gasteiger partial charge on any atom is 0.256 e. The van der Waals surface area contributed by atoms with Gasteiger partial charge in [-0.25, -0.2) is 0 Å². The van der Waals surface area contributed by atoms with E-state index in [1.165, 1.54) is 7.11 Å². The van der Waals surface area contributed by atoms with Gasteiger partial charge in [0.2, 0.25) is 5.79 Å². The number of methoxy groups -OCH3 is 3. The predicted molar refractivity (Wildman–Crippen MR) is 124 cm³/mol. The molecule has 0 saturated carbocycles. The van der Waals surface area contributed by atoms with Crippen LogP contribution in [0.4, 0.5) is 0 Å². The van der Waals surface area contributed by atoms with Gasteiger partial charge in [0.15, 0.2) is 12.3 Å². The van der Waals surface area contributed by atoms with Crippen molar-refractivity contribution in [2.75, 3.05) is 27.9 Å². The minimum absolute atomic E-state index is 0.0256. The molecule has 198 valence electrons. The summed E-state index contributed by atoms with van der Waals surface area (Å²) in [5.74, 6) is -3.05. The lowest BCUT2D eigenvalue weighted by Crippen LogP contribution is -2.62. The van der Waals surface area contributed by atoms with Gasteiger partial charge in [-0.1, -0.05) is 32.9 Å². The molecule has 0 aromatic heterocycles. The molecule has 2 aliphatic heterocycles. The Hall–Kier alpha value is -1.11. The average molecular weight is 490 g/mol. The van der Waals surface area contributed by atoms with Gasteiger partial charge in [-0.2, -0.15) is 0 Å². The zero-order valence-corrected chi connectivity index (χ0v) is 21.4. The molecule has 10 heteroatoms. The smallest absolute Gasteiger partial charge is 0.256 e. The van der Waals surface area contributed by atoms with Crippen LogP contribution < -0.4 is 5.32 Å². The lowest BCUT2D eigenvalue weighted by Gasteiger charge is -2.47. The van der Waals surface area contributed by atoms with Crippen LogP contribution in [-0.2, 0) is 28.5 Å². The van der Waals surface area contributed by atoms with Crippen LogP contribution in [0.3, 0.4) is 0 Å². The fourth-order valence-electron chi connectivity index (χ4n) is 4.70. The molecular weight excluding hydrogens is 446 g/mol. The highest BCUT2D eigenvalue weighted by Crippen LogP contribution is 2.40. The summed E-state index contributed by atoms with van der Waals surface area (Å²) in [5, 5.41) is 34.9. The fourth-order valence-corrected chi connectivity index (χ4v) is 4.70. The predicted octanol–water partition coefficient (Wildman–Crippen LogP) is 0.722. The van der Waals surface area contributed by atoms with Crippen molar-refractivity contribution in [1.82, 2.24) is 5.32 Å². The van der Waals surface area contributed by atoms with E-state index in [-0.39, 0.29) is 30.0 Å². The molecule has 2 rings (SSSR count). The molecule has 0 unspecified atom stereocenters. The van der Waals surface area contributed by atoms with E-state index >= 15 is 0 Å². The highest BCUT2D eigenvalue weighted by atomic mass is 16.6. The van der Waals surface area contributed by atoms with E-state index in [2.05, 4.69) is 11.9 Å². The molecule has 2 heterocycles. The second kappa shape index (κ2) is 11.7. The summed E-state index contributed by atoms with van der Waals surface area (Å²) in [7, 11) is 4.55. The van der Waals surface area contributed by atoms with Crippen molar-refractivity contribution in [3.63, 3.8) is 0 Å². The number of hydrogen-bond acceptors (Lipinski definition) is 9. The second-order valence-electron chi connectivity index (χ2n) is 10.3. The van der Waals surface area contributed by atoms with Gasteiger partial charge in [-0.05, 0) is 18.8 Å². The van der Waals surface area contributed by atoms with Gasteiger partial charge in [-0.3, -0.25) is 4.79 Å². The van der Waals surface area contributed by atoms with Gasteiger partial charge in [0.05, 0.1) is 31.0 Å². The van der Waals surface area contributed by atoms with Crippen LogP contribution in [0.1, 0.15) is 47.0 Å². The van der Waals surface area contributed by atoms with Crippen LogP contribution in [0.25, 0.3) is 0 Å². The lowest BCUT2D eigenvalue weighted by atomic mass is 9.75. The molecule has 0 aliphatic carbocycles. The maximum absolute atomic E-state index is 12.9. The van der Waals surface area contributed by atoms with Crippen molar-refractivity contribution in [3.05, 3.63) is 12.2 Å². The number of amides is 1. The van der Waals surface area contributed by atoms with E-state index in [9.17, 15) is 20.1 Å². The molecule has 0 spiro atoms. The summed E-state index contributed by atoms with van der Waals surface area (Å²) in [6.45, 7) is 11.9. The summed E-state index contributed by atoms with van der Waals surface area (Å²) in [4.78, 5) is 12.9. The Balaban J connectivity index is 2.13. The summed E-state index contributed by atoms with van der Waals surface area (Å²) in [6.07, 6.45) is -4.96. The van der Waals surface area contributed by atoms with Crippen LogP contribution in [0.2, 0.25) is 0 Å². The summed E-state index contributed by atoms with van der Waals surface area (Å²) >= 11 is 0. The highest BCUT2D eigenvalue weighted by molar-refractivity contribution is 5.82.